The molecular formula is C11H9ClFN3O2S. The van der Waals surface area contributed by atoms with Crippen molar-refractivity contribution in [3.05, 3.63) is 39.1 Å². The van der Waals surface area contributed by atoms with Crippen molar-refractivity contribution in [1.82, 2.24) is 10.2 Å². The lowest BCUT2D eigenvalue weighted by Crippen LogP contribution is -1.92. The molecule has 0 N–H and O–H groups in total. The molecule has 0 aliphatic rings. The average Bonchev–Trinajstić information content (AvgIpc) is 2.84. The van der Waals surface area contributed by atoms with Crippen LogP contribution in [0.1, 0.15) is 11.4 Å². The number of hydrogen-bond donors (Lipinski definition) is 0. The highest BCUT2D eigenvalue weighted by molar-refractivity contribution is 7.14. The molecule has 2 rings (SSSR count). The molecule has 0 spiro atoms. The molecular weight excluding hydrogens is 293 g/mol. The number of alkyl halides is 1. The van der Waals surface area contributed by atoms with E-state index in [0.29, 0.717) is 17.3 Å². The molecule has 0 amide bonds. The number of nitro benzene ring substituents is 1. The predicted molar refractivity (Wildman–Crippen MR) is 71.0 cm³/mol. The lowest BCUT2D eigenvalue weighted by Gasteiger charge is -1.98. The Bertz CT molecular complexity index is 605. The fourth-order valence-corrected chi connectivity index (χ4v) is 2.56. The van der Waals surface area contributed by atoms with E-state index in [1.165, 1.54) is 11.3 Å². The van der Waals surface area contributed by atoms with E-state index >= 15 is 0 Å². The first-order valence-electron chi connectivity index (χ1n) is 5.44. The Morgan fingerprint density at radius 2 is 2.21 bits per heavy atom. The van der Waals surface area contributed by atoms with Crippen molar-refractivity contribution in [3.63, 3.8) is 0 Å². The summed E-state index contributed by atoms with van der Waals surface area (Å²) in [5.74, 6) is -0.0345. The van der Waals surface area contributed by atoms with Gasteiger partial charge in [0.05, 0.1) is 10.5 Å². The quantitative estimate of drug-likeness (QED) is 0.482. The SMILES string of the molecule is O=[N+]([O-])c1ccc(F)cc1-c1nnc(CCCCl)s1. The van der Waals surface area contributed by atoms with Crippen LogP contribution in [0.4, 0.5) is 10.1 Å². The van der Waals surface area contributed by atoms with Gasteiger partial charge in [0.1, 0.15) is 10.8 Å². The highest BCUT2D eigenvalue weighted by atomic mass is 35.5. The van der Waals surface area contributed by atoms with E-state index in [1.807, 2.05) is 0 Å². The van der Waals surface area contributed by atoms with Crippen molar-refractivity contribution >= 4 is 28.6 Å². The van der Waals surface area contributed by atoms with Crippen molar-refractivity contribution < 1.29 is 9.31 Å². The van der Waals surface area contributed by atoms with Gasteiger partial charge in [0.25, 0.3) is 5.69 Å². The monoisotopic (exact) mass is 301 g/mol. The first-order valence-corrected chi connectivity index (χ1v) is 6.79. The normalized spacial score (nSPS) is 10.6. The Morgan fingerprint density at radius 1 is 1.42 bits per heavy atom. The predicted octanol–water partition coefficient (Wildman–Crippen LogP) is 3.42. The summed E-state index contributed by atoms with van der Waals surface area (Å²) in [5, 5.41) is 19.8. The Hall–Kier alpha value is -1.60. The Labute approximate surface area is 117 Å². The minimum atomic E-state index is -0.561. The van der Waals surface area contributed by atoms with E-state index in [0.717, 1.165) is 29.6 Å². The Balaban J connectivity index is 2.37. The van der Waals surface area contributed by atoms with Crippen LogP contribution in [0.25, 0.3) is 10.6 Å². The summed E-state index contributed by atoms with van der Waals surface area (Å²) >= 11 is 6.79. The molecule has 0 saturated heterocycles. The molecule has 1 aromatic carbocycles. The Morgan fingerprint density at radius 3 is 2.89 bits per heavy atom. The van der Waals surface area contributed by atoms with Gasteiger partial charge >= 0.3 is 0 Å². The zero-order valence-corrected chi connectivity index (χ0v) is 11.2. The van der Waals surface area contributed by atoms with Gasteiger partial charge in [-0.2, -0.15) is 0 Å². The maximum Gasteiger partial charge on any atom is 0.279 e. The third-order valence-electron chi connectivity index (χ3n) is 2.38. The standard InChI is InChI=1S/C11H9ClFN3O2S/c12-5-1-2-10-14-15-11(19-10)8-6-7(13)3-4-9(8)16(17)18/h3-4,6H,1-2,5H2. The zero-order chi connectivity index (χ0) is 13.8. The van der Waals surface area contributed by atoms with Gasteiger partial charge < -0.3 is 0 Å². The van der Waals surface area contributed by atoms with Gasteiger partial charge in [-0.25, -0.2) is 4.39 Å². The van der Waals surface area contributed by atoms with E-state index in [-0.39, 0.29) is 11.3 Å². The van der Waals surface area contributed by atoms with Gasteiger partial charge in [0, 0.05) is 18.4 Å². The van der Waals surface area contributed by atoms with Crippen molar-refractivity contribution in [2.75, 3.05) is 5.88 Å². The number of hydrogen-bond acceptors (Lipinski definition) is 5. The summed E-state index contributed by atoms with van der Waals surface area (Å²) in [6.45, 7) is 0. The minimum absolute atomic E-state index is 0.152. The molecule has 0 atom stereocenters. The molecule has 0 fully saturated rings. The largest absolute Gasteiger partial charge is 0.279 e. The lowest BCUT2D eigenvalue weighted by atomic mass is 10.2. The van der Waals surface area contributed by atoms with Crippen molar-refractivity contribution in [2.45, 2.75) is 12.8 Å². The third kappa shape index (κ3) is 3.24. The van der Waals surface area contributed by atoms with E-state index in [4.69, 9.17) is 11.6 Å². The first kappa shape index (κ1) is 13.8. The fourth-order valence-electron chi connectivity index (χ4n) is 1.52. The molecule has 5 nitrogen and oxygen atoms in total. The van der Waals surface area contributed by atoms with Crippen molar-refractivity contribution in [3.8, 4) is 10.6 Å². The molecule has 0 saturated carbocycles. The van der Waals surface area contributed by atoms with Crippen molar-refractivity contribution in [1.29, 1.82) is 0 Å². The number of nitrogens with zero attached hydrogens (tertiary/aromatic N) is 3. The second kappa shape index (κ2) is 6.03. The number of rotatable bonds is 5. The van der Waals surface area contributed by atoms with Crippen LogP contribution < -0.4 is 0 Å². The molecule has 0 aliphatic heterocycles. The summed E-state index contributed by atoms with van der Waals surface area (Å²) in [6, 6.07) is 3.28. The topological polar surface area (TPSA) is 68.9 Å². The smallest absolute Gasteiger partial charge is 0.258 e. The Kier molecular flexibility index (Phi) is 4.39. The fraction of sp³-hybridized carbons (Fsp3) is 0.273. The summed E-state index contributed by atoms with van der Waals surface area (Å²) in [4.78, 5) is 10.3. The van der Waals surface area contributed by atoms with Crippen LogP contribution in [0, 0.1) is 15.9 Å². The molecule has 8 heteroatoms. The first-order chi connectivity index (χ1) is 9.11. The van der Waals surface area contributed by atoms with Crippen LogP contribution in [0.3, 0.4) is 0 Å². The number of aromatic nitrogens is 2. The van der Waals surface area contributed by atoms with E-state index < -0.39 is 10.7 Å². The van der Waals surface area contributed by atoms with Crippen LogP contribution >= 0.6 is 22.9 Å². The third-order valence-corrected chi connectivity index (χ3v) is 3.66. The molecule has 1 aromatic heterocycles. The van der Waals surface area contributed by atoms with Crippen LogP contribution in [0.2, 0.25) is 0 Å². The molecule has 0 bridgehead atoms. The molecule has 0 radical (unpaired) electrons. The second-order valence-electron chi connectivity index (χ2n) is 3.71. The average molecular weight is 302 g/mol. The molecule has 0 unspecified atom stereocenters. The minimum Gasteiger partial charge on any atom is -0.258 e. The van der Waals surface area contributed by atoms with E-state index in [2.05, 4.69) is 10.2 Å². The number of nitro groups is 1. The summed E-state index contributed by atoms with van der Waals surface area (Å²) in [5.41, 5.74) is -0.0268. The zero-order valence-electron chi connectivity index (χ0n) is 9.68. The molecule has 2 aromatic rings. The van der Waals surface area contributed by atoms with Gasteiger partial charge in [-0.15, -0.1) is 21.8 Å². The van der Waals surface area contributed by atoms with Crippen LogP contribution in [-0.2, 0) is 6.42 Å². The van der Waals surface area contributed by atoms with Gasteiger partial charge in [0.15, 0.2) is 5.01 Å². The van der Waals surface area contributed by atoms with Gasteiger partial charge in [-0.1, -0.05) is 11.3 Å². The number of benzene rings is 1. The summed E-state index contributed by atoms with van der Waals surface area (Å²) in [7, 11) is 0. The van der Waals surface area contributed by atoms with Gasteiger partial charge in [-0.05, 0) is 18.6 Å². The highest BCUT2D eigenvalue weighted by Gasteiger charge is 2.19. The molecule has 1 heterocycles. The molecule has 100 valence electrons. The van der Waals surface area contributed by atoms with Crippen molar-refractivity contribution in [2.24, 2.45) is 0 Å². The van der Waals surface area contributed by atoms with E-state index in [9.17, 15) is 14.5 Å². The summed E-state index contributed by atoms with van der Waals surface area (Å²) < 4.78 is 13.2. The van der Waals surface area contributed by atoms with Crippen LogP contribution in [-0.4, -0.2) is 21.0 Å². The number of aryl methyl sites for hydroxylation is 1. The maximum atomic E-state index is 13.2. The maximum absolute atomic E-state index is 13.2. The summed E-state index contributed by atoms with van der Waals surface area (Å²) in [6.07, 6.45) is 1.41. The van der Waals surface area contributed by atoms with E-state index in [1.54, 1.807) is 0 Å². The second-order valence-corrected chi connectivity index (χ2v) is 5.15. The van der Waals surface area contributed by atoms with Crippen LogP contribution in [0.5, 0.6) is 0 Å². The number of halogens is 2. The van der Waals surface area contributed by atoms with Crippen LogP contribution in [0.15, 0.2) is 18.2 Å². The van der Waals surface area contributed by atoms with Gasteiger partial charge in [-0.3, -0.25) is 10.1 Å². The lowest BCUT2D eigenvalue weighted by molar-refractivity contribution is -0.384. The molecule has 0 aliphatic carbocycles. The van der Waals surface area contributed by atoms with Gasteiger partial charge in [0.2, 0.25) is 0 Å². The molecule has 19 heavy (non-hydrogen) atoms. The highest BCUT2D eigenvalue weighted by Crippen LogP contribution is 2.32.